The van der Waals surface area contributed by atoms with Crippen molar-refractivity contribution < 1.29 is 22.6 Å². The molecule has 0 spiro atoms. The Morgan fingerprint density at radius 1 is 1.21 bits per heavy atom. The Morgan fingerprint density at radius 3 is 2.67 bits per heavy atom. The molecule has 7 nitrogen and oxygen atoms in total. The maximum Gasteiger partial charge on any atom is 0.387 e. The number of halogens is 3. The van der Waals surface area contributed by atoms with Gasteiger partial charge in [0.25, 0.3) is 0 Å². The van der Waals surface area contributed by atoms with Crippen molar-refractivity contribution in [2.24, 2.45) is 11.8 Å². The van der Waals surface area contributed by atoms with E-state index in [1.807, 2.05) is 10.7 Å². The van der Waals surface area contributed by atoms with Crippen molar-refractivity contribution in [2.75, 3.05) is 32.0 Å². The van der Waals surface area contributed by atoms with Crippen LogP contribution in [0.15, 0.2) is 18.3 Å². The first kappa shape index (κ1) is 22.5. The number of rotatable bonds is 6. The average molecular weight is 466 g/mol. The lowest BCUT2D eigenvalue weighted by Crippen LogP contribution is -2.39. The molecule has 2 N–H and O–H groups in total. The second-order valence-corrected chi connectivity index (χ2v) is 9.62. The van der Waals surface area contributed by atoms with Crippen LogP contribution in [0.3, 0.4) is 0 Å². The molecule has 0 amide bonds. The van der Waals surface area contributed by atoms with Crippen LogP contribution in [0.4, 0.5) is 19.0 Å². The first-order chi connectivity index (χ1) is 15.8. The first-order valence-corrected chi connectivity index (χ1v) is 11.6. The molecule has 0 aromatic carbocycles. The molecule has 3 heterocycles. The van der Waals surface area contributed by atoms with E-state index in [1.54, 1.807) is 0 Å². The quantitative estimate of drug-likeness (QED) is 0.698. The SMILES string of the molecule is CC(C)n1nc(-c2cnc(N)c(OC(F)F)c2)cc1[C@H]1[C@@H]2CC(N3CCOCC(F)C3)C[C@@H]21. The van der Waals surface area contributed by atoms with Crippen LogP contribution in [0.25, 0.3) is 11.3 Å². The van der Waals surface area contributed by atoms with Crippen molar-refractivity contribution in [1.82, 2.24) is 19.7 Å². The molecule has 5 rings (SSSR count). The highest BCUT2D eigenvalue weighted by atomic mass is 19.3. The van der Waals surface area contributed by atoms with Crippen molar-refractivity contribution in [1.29, 1.82) is 0 Å². The van der Waals surface area contributed by atoms with Crippen molar-refractivity contribution in [2.45, 2.75) is 57.5 Å². The minimum atomic E-state index is -2.98. The van der Waals surface area contributed by atoms with Crippen molar-refractivity contribution >= 4 is 5.82 Å². The molecule has 0 bridgehead atoms. The third kappa shape index (κ3) is 4.42. The first-order valence-electron chi connectivity index (χ1n) is 11.6. The molecular formula is C23H30F3N5O2. The number of nitrogen functional groups attached to an aromatic ring is 1. The van der Waals surface area contributed by atoms with E-state index < -0.39 is 12.8 Å². The Hall–Kier alpha value is -2.33. The molecular weight excluding hydrogens is 435 g/mol. The number of hydrogen-bond acceptors (Lipinski definition) is 6. The van der Waals surface area contributed by atoms with Gasteiger partial charge in [0, 0.05) is 48.5 Å². The van der Waals surface area contributed by atoms with Crippen LogP contribution in [-0.4, -0.2) is 64.8 Å². The molecule has 0 radical (unpaired) electrons. The molecule has 1 saturated heterocycles. The number of anilines is 1. The van der Waals surface area contributed by atoms with Gasteiger partial charge in [-0.2, -0.15) is 13.9 Å². The van der Waals surface area contributed by atoms with Gasteiger partial charge < -0.3 is 15.2 Å². The molecule has 10 heteroatoms. The van der Waals surface area contributed by atoms with Crippen LogP contribution in [0.5, 0.6) is 5.75 Å². The van der Waals surface area contributed by atoms with E-state index in [4.69, 9.17) is 15.6 Å². The highest BCUT2D eigenvalue weighted by Gasteiger charge is 2.58. The topological polar surface area (TPSA) is 78.4 Å². The third-order valence-corrected chi connectivity index (χ3v) is 7.18. The fourth-order valence-corrected chi connectivity index (χ4v) is 5.67. The molecule has 2 aromatic heterocycles. The van der Waals surface area contributed by atoms with E-state index in [0.717, 1.165) is 25.1 Å². The minimum absolute atomic E-state index is 0.0836. The largest absolute Gasteiger partial charge is 0.431 e. The summed E-state index contributed by atoms with van der Waals surface area (Å²) in [5, 5.41) is 4.77. The molecule has 2 aliphatic carbocycles. The second-order valence-electron chi connectivity index (χ2n) is 9.62. The summed E-state index contributed by atoms with van der Waals surface area (Å²) in [6.45, 7) is 3.20. The van der Waals surface area contributed by atoms with Gasteiger partial charge in [-0.05, 0) is 50.7 Å². The maximum absolute atomic E-state index is 14.0. The highest BCUT2D eigenvalue weighted by Crippen LogP contribution is 2.64. The van der Waals surface area contributed by atoms with E-state index >= 15 is 0 Å². The van der Waals surface area contributed by atoms with Gasteiger partial charge in [-0.25, -0.2) is 9.37 Å². The van der Waals surface area contributed by atoms with Gasteiger partial charge >= 0.3 is 6.61 Å². The zero-order valence-electron chi connectivity index (χ0n) is 18.8. The Bertz CT molecular complexity index is 988. The lowest BCUT2D eigenvalue weighted by Gasteiger charge is -2.29. The van der Waals surface area contributed by atoms with E-state index in [1.165, 1.54) is 12.3 Å². The number of nitrogens with two attached hydrogens (primary N) is 1. The fourth-order valence-electron chi connectivity index (χ4n) is 5.67. The monoisotopic (exact) mass is 465 g/mol. The number of nitrogens with zero attached hydrogens (tertiary/aromatic N) is 4. The van der Waals surface area contributed by atoms with Gasteiger partial charge in [0.05, 0.1) is 18.9 Å². The number of pyridine rings is 1. The van der Waals surface area contributed by atoms with Crippen LogP contribution < -0.4 is 10.5 Å². The normalized spacial score (nSPS) is 30.0. The fraction of sp³-hybridized carbons (Fsp3) is 0.652. The van der Waals surface area contributed by atoms with Gasteiger partial charge in [-0.15, -0.1) is 0 Å². The van der Waals surface area contributed by atoms with Gasteiger partial charge in [0.2, 0.25) is 0 Å². The molecule has 180 valence electrons. The molecule has 2 unspecified atom stereocenters. The molecule has 33 heavy (non-hydrogen) atoms. The molecule has 3 aliphatic rings. The van der Waals surface area contributed by atoms with Gasteiger partial charge in [0.1, 0.15) is 6.17 Å². The summed E-state index contributed by atoms with van der Waals surface area (Å²) in [6, 6.07) is 4.05. The summed E-state index contributed by atoms with van der Waals surface area (Å²) in [5.74, 6) is 1.29. The van der Waals surface area contributed by atoms with Gasteiger partial charge in [-0.3, -0.25) is 9.58 Å². The number of aromatic nitrogens is 3. The summed E-state index contributed by atoms with van der Waals surface area (Å²) >= 11 is 0. The molecule has 2 aromatic rings. The van der Waals surface area contributed by atoms with Gasteiger partial charge in [0.15, 0.2) is 11.6 Å². The highest BCUT2D eigenvalue weighted by molar-refractivity contribution is 5.64. The molecule has 1 aliphatic heterocycles. The predicted molar refractivity (Wildman–Crippen MR) is 117 cm³/mol. The number of alkyl halides is 3. The van der Waals surface area contributed by atoms with Crippen LogP contribution in [0, 0.1) is 11.8 Å². The molecule has 3 fully saturated rings. The molecule has 2 saturated carbocycles. The Labute approximate surface area is 191 Å². The van der Waals surface area contributed by atoms with Crippen molar-refractivity contribution in [3.63, 3.8) is 0 Å². The second kappa shape index (κ2) is 8.79. The summed E-state index contributed by atoms with van der Waals surface area (Å²) in [5.41, 5.74) is 8.09. The Kier molecular flexibility index (Phi) is 5.98. The zero-order chi connectivity index (χ0) is 23.3. The van der Waals surface area contributed by atoms with Gasteiger partial charge in [-0.1, -0.05) is 0 Å². The number of ether oxygens (including phenoxy) is 2. The van der Waals surface area contributed by atoms with Crippen LogP contribution in [0.1, 0.15) is 44.3 Å². The zero-order valence-corrected chi connectivity index (χ0v) is 18.8. The summed E-state index contributed by atoms with van der Waals surface area (Å²) in [6.07, 6.45) is 2.72. The average Bonchev–Trinajstić information content (AvgIpc) is 3.10. The van der Waals surface area contributed by atoms with Crippen LogP contribution >= 0.6 is 0 Å². The smallest absolute Gasteiger partial charge is 0.387 e. The summed E-state index contributed by atoms with van der Waals surface area (Å²) < 4.78 is 51.3. The Balaban J connectivity index is 1.34. The third-order valence-electron chi connectivity index (χ3n) is 7.18. The van der Waals surface area contributed by atoms with E-state index in [2.05, 4.69) is 28.5 Å². The van der Waals surface area contributed by atoms with Crippen LogP contribution in [0.2, 0.25) is 0 Å². The lowest BCUT2D eigenvalue weighted by atomic mass is 10.0. The lowest BCUT2D eigenvalue weighted by molar-refractivity contribution is -0.0494. The minimum Gasteiger partial charge on any atom is -0.431 e. The summed E-state index contributed by atoms with van der Waals surface area (Å²) in [7, 11) is 0. The predicted octanol–water partition coefficient (Wildman–Crippen LogP) is 3.87. The van der Waals surface area contributed by atoms with Crippen LogP contribution in [-0.2, 0) is 4.74 Å². The van der Waals surface area contributed by atoms with Crippen molar-refractivity contribution in [3.05, 3.63) is 24.0 Å². The number of fused-ring (bicyclic) bond motifs is 1. The van der Waals surface area contributed by atoms with E-state index in [9.17, 15) is 13.2 Å². The molecule has 5 atom stereocenters. The maximum atomic E-state index is 14.0. The Morgan fingerprint density at radius 2 is 1.97 bits per heavy atom. The van der Waals surface area contributed by atoms with E-state index in [-0.39, 0.29) is 24.2 Å². The summed E-state index contributed by atoms with van der Waals surface area (Å²) in [4.78, 5) is 6.27. The number of hydrogen-bond donors (Lipinski definition) is 1. The standard InChI is InChI=1S/C23H30F3N5O2/c1-12(2)31-19(8-18(29-31)13-5-20(33-23(25)26)22(27)28-9-13)21-16-6-15(7-17(16)21)30-3-4-32-11-14(24)10-30/h5,8-9,12,14-17,21,23H,3-4,6-7,10-11H2,1-2H3,(H2,27,28)/t14?,15?,16-,17+,21+. The van der Waals surface area contributed by atoms with E-state index in [0.29, 0.717) is 48.2 Å². The van der Waals surface area contributed by atoms with Crippen molar-refractivity contribution in [3.8, 4) is 17.0 Å².